The van der Waals surface area contributed by atoms with Crippen LogP contribution in [0.5, 0.6) is 0 Å². The van der Waals surface area contributed by atoms with Crippen molar-refractivity contribution in [2.24, 2.45) is 10.9 Å². The summed E-state index contributed by atoms with van der Waals surface area (Å²) in [5.74, 6) is 0.413. The van der Waals surface area contributed by atoms with Crippen LogP contribution in [0, 0.1) is 5.92 Å². The Morgan fingerprint density at radius 2 is 1.85 bits per heavy atom. The summed E-state index contributed by atoms with van der Waals surface area (Å²) in [4.78, 5) is 22.5. The van der Waals surface area contributed by atoms with Crippen molar-refractivity contribution in [1.29, 1.82) is 0 Å². The van der Waals surface area contributed by atoms with Gasteiger partial charge in [0.25, 0.3) is 0 Å². The monoisotopic (exact) mass is 545 g/mol. The van der Waals surface area contributed by atoms with Gasteiger partial charge in [-0.05, 0) is 49.1 Å². The topological polar surface area (TPSA) is 73.1 Å². The number of halogens is 1. The number of fused-ring (bicyclic) bond motifs is 1. The fourth-order valence-electron chi connectivity index (χ4n) is 6.31. The highest BCUT2D eigenvalue weighted by molar-refractivity contribution is 6.31. The van der Waals surface area contributed by atoms with Gasteiger partial charge in [-0.15, -0.1) is 0 Å². The summed E-state index contributed by atoms with van der Waals surface area (Å²) in [5, 5.41) is 16.7. The van der Waals surface area contributed by atoms with Crippen LogP contribution in [-0.4, -0.2) is 70.4 Å². The average molecular weight is 546 g/mol. The molecule has 0 aliphatic carbocycles. The van der Waals surface area contributed by atoms with E-state index in [1.165, 1.54) is 5.56 Å². The molecular formula is C31H36ClN5O2. The van der Waals surface area contributed by atoms with E-state index in [-0.39, 0.29) is 17.7 Å². The molecule has 2 saturated heterocycles. The van der Waals surface area contributed by atoms with Crippen LogP contribution in [0.15, 0.2) is 71.9 Å². The quantitative estimate of drug-likeness (QED) is 0.499. The van der Waals surface area contributed by atoms with Gasteiger partial charge in [-0.2, -0.15) is 0 Å². The first-order valence-corrected chi connectivity index (χ1v) is 14.3. The van der Waals surface area contributed by atoms with E-state index in [9.17, 15) is 9.90 Å². The molecule has 0 radical (unpaired) electrons. The van der Waals surface area contributed by atoms with E-state index in [2.05, 4.69) is 39.2 Å². The van der Waals surface area contributed by atoms with Crippen LogP contribution in [0.4, 0.5) is 0 Å². The number of likely N-dealkylation sites (tertiary alicyclic amines) is 1. The second-order valence-corrected chi connectivity index (χ2v) is 11.6. The van der Waals surface area contributed by atoms with Gasteiger partial charge in [-0.1, -0.05) is 60.1 Å². The van der Waals surface area contributed by atoms with Crippen molar-refractivity contribution in [3.8, 4) is 0 Å². The molecule has 2 N–H and O–H groups in total. The molecule has 4 heterocycles. The molecule has 1 amide bonds. The molecule has 2 fully saturated rings. The molecule has 39 heavy (non-hydrogen) atoms. The lowest BCUT2D eigenvalue weighted by Gasteiger charge is -2.43. The van der Waals surface area contributed by atoms with Crippen LogP contribution >= 0.6 is 11.6 Å². The highest BCUT2D eigenvalue weighted by atomic mass is 35.5. The third-order valence-corrected chi connectivity index (χ3v) is 8.89. The van der Waals surface area contributed by atoms with Crippen molar-refractivity contribution < 1.29 is 9.90 Å². The summed E-state index contributed by atoms with van der Waals surface area (Å²) in [6, 6.07) is 20.3. The van der Waals surface area contributed by atoms with Gasteiger partial charge in [0.2, 0.25) is 5.91 Å². The molecule has 1 aromatic heterocycles. The maximum atomic E-state index is 13.6. The molecule has 204 valence electrons. The summed E-state index contributed by atoms with van der Waals surface area (Å²) in [7, 11) is 0. The molecule has 0 spiro atoms. The smallest absolute Gasteiger partial charge is 0.226 e. The van der Waals surface area contributed by atoms with Crippen molar-refractivity contribution in [2.45, 2.75) is 37.3 Å². The minimum absolute atomic E-state index is 0.0118. The lowest BCUT2D eigenvalue weighted by Crippen LogP contribution is -2.54. The number of β-amino-alcohol motifs (C(OH)–C–C–N with tert-alkyl or cyclic N) is 1. The zero-order chi connectivity index (χ0) is 26.8. The Kier molecular flexibility index (Phi) is 7.47. The molecule has 2 atom stereocenters. The number of nitrogens with zero attached hydrogens (tertiary/aromatic N) is 4. The summed E-state index contributed by atoms with van der Waals surface area (Å²) in [6.07, 6.45) is 6.14. The fraction of sp³-hybridized carbons (Fsp3) is 0.419. The van der Waals surface area contributed by atoms with Crippen molar-refractivity contribution in [1.82, 2.24) is 19.7 Å². The normalized spacial score (nSPS) is 22.5. The van der Waals surface area contributed by atoms with E-state index in [1.807, 2.05) is 53.6 Å². The van der Waals surface area contributed by atoms with Crippen molar-refractivity contribution in [3.05, 3.63) is 93.7 Å². The van der Waals surface area contributed by atoms with E-state index < -0.39 is 5.60 Å². The number of piperidine rings is 2. The second-order valence-electron chi connectivity index (χ2n) is 11.2. The van der Waals surface area contributed by atoms with Crippen molar-refractivity contribution >= 4 is 23.7 Å². The number of amides is 1. The van der Waals surface area contributed by atoms with Crippen LogP contribution < -0.4 is 16.0 Å². The summed E-state index contributed by atoms with van der Waals surface area (Å²) >= 11 is 6.37. The molecule has 3 aliphatic heterocycles. The van der Waals surface area contributed by atoms with E-state index in [0.29, 0.717) is 45.7 Å². The maximum absolute atomic E-state index is 13.6. The lowest BCUT2D eigenvalue weighted by molar-refractivity contribution is -0.141. The molecule has 8 heteroatoms. The fourth-order valence-corrected chi connectivity index (χ4v) is 6.51. The first-order valence-electron chi connectivity index (χ1n) is 13.9. The lowest BCUT2D eigenvalue weighted by atomic mass is 9.80. The molecule has 0 unspecified atom stereocenters. The van der Waals surface area contributed by atoms with E-state index in [4.69, 9.17) is 16.6 Å². The summed E-state index contributed by atoms with van der Waals surface area (Å²) in [5.41, 5.74) is 2.38. The molecule has 6 rings (SSSR count). The predicted octanol–water partition coefficient (Wildman–Crippen LogP) is 2.57. The number of carbonyl (C=O) groups excluding carboxylic acids is 1. The predicted molar refractivity (Wildman–Crippen MR) is 153 cm³/mol. The minimum atomic E-state index is -0.840. The number of hydrogen-bond acceptors (Lipinski definition) is 5. The van der Waals surface area contributed by atoms with Gasteiger partial charge >= 0.3 is 0 Å². The number of carbonyl (C=O) groups is 1. The first kappa shape index (κ1) is 26.1. The summed E-state index contributed by atoms with van der Waals surface area (Å²) in [6.45, 7) is 4.55. The zero-order valence-corrected chi connectivity index (χ0v) is 22.9. The van der Waals surface area contributed by atoms with Crippen LogP contribution in [0.2, 0.25) is 5.02 Å². The molecule has 3 aromatic rings. The SMILES string of the molecule is O=C([C@@H]1CCNC[C@H]1c1ccccc1)N1CCC(O)(CN2C=c3ccn(Cc4ccccc4Cl)c3=NC2)CC1. The van der Waals surface area contributed by atoms with Gasteiger partial charge in [-0.25, -0.2) is 4.99 Å². The first-order chi connectivity index (χ1) is 19.0. The Labute approximate surface area is 234 Å². The van der Waals surface area contributed by atoms with Crippen molar-refractivity contribution in [2.75, 3.05) is 39.4 Å². The summed E-state index contributed by atoms with van der Waals surface area (Å²) < 4.78 is 2.12. The Morgan fingerprint density at radius 1 is 1.08 bits per heavy atom. The van der Waals surface area contributed by atoms with E-state index in [0.717, 1.165) is 40.8 Å². The molecule has 0 saturated carbocycles. The molecule has 0 bridgehead atoms. The average Bonchev–Trinajstić information content (AvgIpc) is 3.36. The maximum Gasteiger partial charge on any atom is 0.226 e. The molecule has 7 nitrogen and oxygen atoms in total. The Morgan fingerprint density at radius 3 is 2.64 bits per heavy atom. The van der Waals surface area contributed by atoms with Crippen molar-refractivity contribution in [3.63, 3.8) is 0 Å². The largest absolute Gasteiger partial charge is 0.388 e. The molecular weight excluding hydrogens is 510 g/mol. The Balaban J connectivity index is 1.08. The van der Waals surface area contributed by atoms with Gasteiger partial charge in [0.1, 0.15) is 12.2 Å². The third-order valence-electron chi connectivity index (χ3n) is 8.52. The minimum Gasteiger partial charge on any atom is -0.388 e. The number of aromatic nitrogens is 1. The number of rotatable bonds is 6. The van der Waals surface area contributed by atoms with Crippen LogP contribution in [0.1, 0.15) is 36.3 Å². The van der Waals surface area contributed by atoms with Crippen LogP contribution in [0.3, 0.4) is 0 Å². The third kappa shape index (κ3) is 5.62. The second kappa shape index (κ2) is 11.2. The Hall–Kier alpha value is -3.13. The van der Waals surface area contributed by atoms with E-state index in [1.54, 1.807) is 0 Å². The molecule has 3 aliphatic rings. The Bertz CT molecular complexity index is 1430. The van der Waals surface area contributed by atoms with Gasteiger partial charge in [-0.3, -0.25) is 4.79 Å². The highest BCUT2D eigenvalue weighted by Crippen LogP contribution is 2.33. The zero-order valence-electron chi connectivity index (χ0n) is 22.2. The van der Waals surface area contributed by atoms with Crippen LogP contribution in [0.25, 0.3) is 6.20 Å². The van der Waals surface area contributed by atoms with Gasteiger partial charge in [0, 0.05) is 60.7 Å². The number of benzene rings is 2. The van der Waals surface area contributed by atoms with Gasteiger partial charge in [0.15, 0.2) is 0 Å². The van der Waals surface area contributed by atoms with Gasteiger partial charge < -0.3 is 24.8 Å². The number of aliphatic hydroxyl groups is 1. The standard InChI is InChI=1S/C31H36ClN5O2/c32-28-9-5-4-8-24(28)20-37-15-11-25-19-35(22-34-29(25)37)21-31(39)12-16-36(17-13-31)30(38)26-10-14-33-18-27(26)23-6-2-1-3-7-23/h1-9,11,15,19,26-27,33,39H,10,12-14,16-18,20-22H2/t26-,27+/m1/s1. The highest BCUT2D eigenvalue weighted by Gasteiger charge is 2.39. The number of hydrogen-bond donors (Lipinski definition) is 2. The molecule has 2 aromatic carbocycles. The number of nitrogens with one attached hydrogen (secondary N) is 1. The van der Waals surface area contributed by atoms with Crippen LogP contribution in [-0.2, 0) is 11.3 Å². The van der Waals surface area contributed by atoms with E-state index >= 15 is 0 Å². The van der Waals surface area contributed by atoms with Gasteiger partial charge in [0.05, 0.1) is 12.1 Å².